The van der Waals surface area contributed by atoms with Gasteiger partial charge in [0.05, 0.1) is 4.90 Å². The second-order valence-electron chi connectivity index (χ2n) is 5.12. The van der Waals surface area contributed by atoms with Gasteiger partial charge in [0.15, 0.2) is 0 Å². The Kier molecular flexibility index (Phi) is 4.59. The molecule has 2 rings (SSSR count). The molecule has 9 heteroatoms. The molecule has 1 aromatic carbocycles. The lowest BCUT2D eigenvalue weighted by molar-refractivity contribution is -0.141. The molecule has 0 radical (unpaired) electrons. The van der Waals surface area contributed by atoms with Crippen molar-refractivity contribution in [3.05, 3.63) is 27.7 Å². The quantitative estimate of drug-likeness (QED) is 0.800. The van der Waals surface area contributed by atoms with Gasteiger partial charge in [-0.3, -0.25) is 4.79 Å². The summed E-state index contributed by atoms with van der Waals surface area (Å²) in [6, 6.07) is 1.91. The van der Waals surface area contributed by atoms with E-state index in [2.05, 4.69) is 15.9 Å². The number of carboxylic acids is 1. The normalized spacial score (nSPS) is 18.5. The summed E-state index contributed by atoms with van der Waals surface area (Å²) < 4.78 is 23.6. The molecule has 1 aliphatic rings. The fraction of sp³-hybridized carbons (Fsp3) is 0.385. The number of carbonyl (C=O) groups is 2. The number of halogens is 1. The van der Waals surface area contributed by atoms with E-state index in [-0.39, 0.29) is 16.0 Å². The predicted octanol–water partition coefficient (Wildman–Crippen LogP) is 1.09. The Morgan fingerprint density at radius 1 is 1.41 bits per heavy atom. The second kappa shape index (κ2) is 5.98. The van der Waals surface area contributed by atoms with Crippen molar-refractivity contribution in [2.24, 2.45) is 5.14 Å². The highest BCUT2D eigenvalue weighted by Gasteiger charge is 2.35. The molecule has 1 heterocycles. The lowest BCUT2D eigenvalue weighted by atomic mass is 10.1. The molecule has 0 aromatic heterocycles. The van der Waals surface area contributed by atoms with E-state index in [0.717, 1.165) is 0 Å². The van der Waals surface area contributed by atoms with E-state index >= 15 is 0 Å². The van der Waals surface area contributed by atoms with Gasteiger partial charge in [-0.25, -0.2) is 18.4 Å². The third-order valence-corrected chi connectivity index (χ3v) is 5.16. The highest BCUT2D eigenvalue weighted by Crippen LogP contribution is 2.27. The van der Waals surface area contributed by atoms with Crippen LogP contribution < -0.4 is 5.14 Å². The van der Waals surface area contributed by atoms with Crippen LogP contribution in [0.15, 0.2) is 21.5 Å². The van der Waals surface area contributed by atoms with Gasteiger partial charge in [-0.05, 0) is 37.5 Å². The van der Waals surface area contributed by atoms with Gasteiger partial charge in [-0.15, -0.1) is 0 Å². The summed E-state index contributed by atoms with van der Waals surface area (Å²) >= 11 is 3.15. The minimum atomic E-state index is -3.98. The largest absolute Gasteiger partial charge is 0.480 e. The standard InChI is InChI=1S/C13H15BrN2O5S/c1-7-9(5-8(14)6-11(7)22(15,20)21)12(17)16-4-2-3-10(16)13(18)19/h5-6,10H,2-4H2,1H3,(H,18,19)(H2,15,20,21)/t10-/m1/s1. The molecule has 1 atom stereocenters. The molecule has 0 unspecified atom stereocenters. The molecule has 1 saturated heterocycles. The first kappa shape index (κ1) is 16.9. The van der Waals surface area contributed by atoms with Gasteiger partial charge in [0.2, 0.25) is 10.0 Å². The number of carboxylic acid groups (broad SMARTS) is 1. The van der Waals surface area contributed by atoms with E-state index in [0.29, 0.717) is 23.9 Å². The third-order valence-electron chi connectivity index (χ3n) is 3.66. The Balaban J connectivity index is 2.51. The van der Waals surface area contributed by atoms with Crippen molar-refractivity contribution in [3.8, 4) is 0 Å². The zero-order valence-electron chi connectivity index (χ0n) is 11.7. The molecule has 0 spiro atoms. The molecule has 3 N–H and O–H groups in total. The van der Waals surface area contributed by atoms with Crippen LogP contribution in [0, 0.1) is 6.92 Å². The number of aliphatic carboxylic acids is 1. The summed E-state index contributed by atoms with van der Waals surface area (Å²) in [5.41, 5.74) is 0.346. The average Bonchev–Trinajstić information content (AvgIpc) is 2.88. The fourth-order valence-corrected chi connectivity index (χ4v) is 4.03. The van der Waals surface area contributed by atoms with Crippen LogP contribution in [0.25, 0.3) is 0 Å². The Labute approximate surface area is 136 Å². The van der Waals surface area contributed by atoms with E-state index in [1.165, 1.54) is 24.0 Å². The summed E-state index contributed by atoms with van der Waals surface area (Å²) in [5, 5.41) is 14.3. The summed E-state index contributed by atoms with van der Waals surface area (Å²) in [4.78, 5) is 24.9. The highest BCUT2D eigenvalue weighted by atomic mass is 79.9. The van der Waals surface area contributed by atoms with Crippen molar-refractivity contribution in [3.63, 3.8) is 0 Å². The maximum atomic E-state index is 12.6. The number of nitrogens with zero attached hydrogens (tertiary/aromatic N) is 1. The number of hydrogen-bond acceptors (Lipinski definition) is 4. The smallest absolute Gasteiger partial charge is 0.326 e. The zero-order valence-corrected chi connectivity index (χ0v) is 14.1. The molecule has 7 nitrogen and oxygen atoms in total. The van der Waals surface area contributed by atoms with Gasteiger partial charge in [-0.2, -0.15) is 0 Å². The average molecular weight is 391 g/mol. The Morgan fingerprint density at radius 2 is 2.05 bits per heavy atom. The number of sulfonamides is 1. The molecular weight excluding hydrogens is 376 g/mol. The third kappa shape index (κ3) is 3.16. The van der Waals surface area contributed by atoms with Gasteiger partial charge in [-0.1, -0.05) is 15.9 Å². The predicted molar refractivity (Wildman–Crippen MR) is 81.9 cm³/mol. The molecule has 0 saturated carbocycles. The minimum Gasteiger partial charge on any atom is -0.480 e. The number of hydrogen-bond donors (Lipinski definition) is 2. The van der Waals surface area contributed by atoms with Crippen LogP contribution in [-0.4, -0.2) is 42.9 Å². The summed E-state index contributed by atoms with van der Waals surface area (Å²) in [7, 11) is -3.98. The maximum Gasteiger partial charge on any atom is 0.326 e. The summed E-state index contributed by atoms with van der Waals surface area (Å²) in [5.74, 6) is -1.57. The fourth-order valence-electron chi connectivity index (χ4n) is 2.59. The van der Waals surface area contributed by atoms with Crippen molar-refractivity contribution in [2.75, 3.05) is 6.54 Å². The SMILES string of the molecule is Cc1c(C(=O)N2CCC[C@@H]2C(=O)O)cc(Br)cc1S(N)(=O)=O. The molecule has 22 heavy (non-hydrogen) atoms. The number of nitrogens with two attached hydrogens (primary N) is 1. The second-order valence-corrected chi connectivity index (χ2v) is 7.56. The number of rotatable bonds is 3. The molecule has 1 fully saturated rings. The maximum absolute atomic E-state index is 12.6. The molecule has 0 bridgehead atoms. The van der Waals surface area contributed by atoms with Gasteiger partial charge in [0.1, 0.15) is 6.04 Å². The highest BCUT2D eigenvalue weighted by molar-refractivity contribution is 9.10. The van der Waals surface area contributed by atoms with Gasteiger partial charge >= 0.3 is 5.97 Å². The molecule has 1 amide bonds. The Morgan fingerprint density at radius 3 is 2.59 bits per heavy atom. The van der Waals surface area contributed by atoms with Gasteiger partial charge in [0.25, 0.3) is 5.91 Å². The lowest BCUT2D eigenvalue weighted by Gasteiger charge is -2.23. The van der Waals surface area contributed by atoms with Crippen LogP contribution in [0.3, 0.4) is 0 Å². The zero-order chi connectivity index (χ0) is 16.7. The molecule has 120 valence electrons. The minimum absolute atomic E-state index is 0.131. The van der Waals surface area contributed by atoms with Crippen LogP contribution in [0.1, 0.15) is 28.8 Å². The molecular formula is C13H15BrN2O5S. The number of carbonyl (C=O) groups excluding carboxylic acids is 1. The van der Waals surface area contributed by atoms with Crippen molar-refractivity contribution in [2.45, 2.75) is 30.7 Å². The monoisotopic (exact) mass is 390 g/mol. The van der Waals surface area contributed by atoms with Crippen molar-refractivity contribution < 1.29 is 23.1 Å². The van der Waals surface area contributed by atoms with Crippen LogP contribution >= 0.6 is 15.9 Å². The van der Waals surface area contributed by atoms with E-state index < -0.39 is 27.9 Å². The Bertz CT molecular complexity index is 747. The number of primary sulfonamides is 1. The van der Waals surface area contributed by atoms with Crippen molar-refractivity contribution in [1.29, 1.82) is 0 Å². The van der Waals surface area contributed by atoms with Crippen LogP contribution in [-0.2, 0) is 14.8 Å². The number of benzene rings is 1. The Hall–Kier alpha value is -1.45. The van der Waals surface area contributed by atoms with Crippen LogP contribution in [0.2, 0.25) is 0 Å². The topological polar surface area (TPSA) is 118 Å². The first-order chi connectivity index (χ1) is 10.1. The van der Waals surface area contributed by atoms with Crippen LogP contribution in [0.5, 0.6) is 0 Å². The van der Waals surface area contributed by atoms with E-state index in [4.69, 9.17) is 10.2 Å². The van der Waals surface area contributed by atoms with Crippen molar-refractivity contribution in [1.82, 2.24) is 4.90 Å². The first-order valence-corrected chi connectivity index (χ1v) is 8.83. The summed E-state index contributed by atoms with van der Waals surface area (Å²) in [6.45, 7) is 1.80. The van der Waals surface area contributed by atoms with Crippen molar-refractivity contribution >= 4 is 37.8 Å². The molecule has 1 aromatic rings. The van der Waals surface area contributed by atoms with Crippen LogP contribution in [0.4, 0.5) is 0 Å². The van der Waals surface area contributed by atoms with E-state index in [9.17, 15) is 18.0 Å². The molecule has 1 aliphatic heterocycles. The van der Waals surface area contributed by atoms with E-state index in [1.807, 2.05) is 0 Å². The lowest BCUT2D eigenvalue weighted by Crippen LogP contribution is -2.40. The summed E-state index contributed by atoms with van der Waals surface area (Å²) in [6.07, 6.45) is 0.980. The first-order valence-electron chi connectivity index (χ1n) is 6.49. The van der Waals surface area contributed by atoms with E-state index in [1.54, 1.807) is 0 Å². The number of amides is 1. The number of likely N-dealkylation sites (tertiary alicyclic amines) is 1. The molecule has 0 aliphatic carbocycles. The van der Waals surface area contributed by atoms with Gasteiger partial charge < -0.3 is 10.0 Å². The van der Waals surface area contributed by atoms with Gasteiger partial charge in [0, 0.05) is 16.6 Å².